The molecular formula is C35H60O8. The first-order chi connectivity index (χ1) is 19.3. The van der Waals surface area contributed by atoms with Crippen LogP contribution in [0, 0.1) is 46.3 Å². The second-order valence-corrected chi connectivity index (χ2v) is 14.5. The van der Waals surface area contributed by atoms with Gasteiger partial charge in [-0.15, -0.1) is 0 Å². The van der Waals surface area contributed by atoms with Crippen molar-refractivity contribution in [3.8, 4) is 0 Å². The highest BCUT2D eigenvalue weighted by Gasteiger charge is 2.59. The lowest BCUT2D eigenvalue weighted by atomic mass is 9.47. The SMILES string of the molecule is C.C.CC(C)CCC[C@H](C)[C@@H]1CC[C@@H]2[C@H]3CC=C4CC(OC(=O)C(O)C(O)C(=O)OCC(=O)O)CC[C@@]4(C)[C@@H]3CC[C@]21C. The Morgan fingerprint density at radius 3 is 2.26 bits per heavy atom. The number of esters is 2. The van der Waals surface area contributed by atoms with Crippen molar-refractivity contribution in [2.75, 3.05) is 6.61 Å². The molecule has 0 saturated heterocycles. The Labute approximate surface area is 260 Å². The molecule has 3 saturated carbocycles. The number of carbonyl (C=O) groups is 3. The number of carboxylic acids is 1. The van der Waals surface area contributed by atoms with Gasteiger partial charge in [0.05, 0.1) is 0 Å². The summed E-state index contributed by atoms with van der Waals surface area (Å²) in [4.78, 5) is 34.9. The van der Waals surface area contributed by atoms with Crippen LogP contribution in [0.1, 0.15) is 120 Å². The van der Waals surface area contributed by atoms with Crippen LogP contribution in [0.4, 0.5) is 0 Å². The molecular weight excluding hydrogens is 548 g/mol. The van der Waals surface area contributed by atoms with Crippen molar-refractivity contribution in [2.45, 2.75) is 138 Å². The molecule has 3 fully saturated rings. The fraction of sp³-hybridized carbons (Fsp3) is 0.857. The second kappa shape index (κ2) is 14.9. The molecule has 0 radical (unpaired) electrons. The maximum absolute atomic E-state index is 12.5. The van der Waals surface area contributed by atoms with Gasteiger partial charge in [-0.25, -0.2) is 14.4 Å². The summed E-state index contributed by atoms with van der Waals surface area (Å²) in [6.45, 7) is 11.2. The topological polar surface area (TPSA) is 130 Å². The maximum atomic E-state index is 12.5. The first-order valence-electron chi connectivity index (χ1n) is 15.9. The molecule has 4 aliphatic rings. The Kier molecular flexibility index (Phi) is 12.9. The van der Waals surface area contributed by atoms with Gasteiger partial charge in [0.25, 0.3) is 0 Å². The summed E-state index contributed by atoms with van der Waals surface area (Å²) in [5.41, 5.74) is 1.83. The maximum Gasteiger partial charge on any atom is 0.341 e. The predicted molar refractivity (Wildman–Crippen MR) is 167 cm³/mol. The van der Waals surface area contributed by atoms with E-state index in [2.05, 4.69) is 45.4 Å². The number of carbonyl (C=O) groups excluding carboxylic acids is 2. The number of hydrogen-bond donors (Lipinski definition) is 3. The molecule has 0 bridgehead atoms. The summed E-state index contributed by atoms with van der Waals surface area (Å²) < 4.78 is 9.92. The normalized spacial score (nSPS) is 35.0. The number of aliphatic hydroxyl groups excluding tert-OH is 2. The lowest BCUT2D eigenvalue weighted by molar-refractivity contribution is -0.178. The summed E-state index contributed by atoms with van der Waals surface area (Å²) in [6.07, 6.45) is 10.1. The number of ether oxygens (including phenoxy) is 2. The quantitative estimate of drug-likeness (QED) is 0.178. The van der Waals surface area contributed by atoms with Gasteiger partial charge in [0.1, 0.15) is 6.10 Å². The van der Waals surface area contributed by atoms with E-state index in [1.54, 1.807) is 0 Å². The minimum Gasteiger partial charge on any atom is -0.479 e. The molecule has 8 heteroatoms. The van der Waals surface area contributed by atoms with E-state index in [0.29, 0.717) is 30.1 Å². The van der Waals surface area contributed by atoms with Crippen molar-refractivity contribution >= 4 is 17.9 Å². The standard InChI is InChI=1S/C33H52O8.2CH4/c1-19(2)7-6-8-20(3)24-11-12-25-23-10-9-21-17-22(13-15-32(21,4)26(23)14-16-33(24,25)5)41-31(39)29(37)28(36)30(38)40-18-27(34)35;;/h9,19-20,22-26,28-29,36-37H,6-8,10-18H2,1-5H3,(H,34,35);2*1H4/t20-,22?,23+,24-,25+,26+,28?,29?,32+,33-;;/m0../s1. The third kappa shape index (κ3) is 7.66. The molecule has 10 atom stereocenters. The van der Waals surface area contributed by atoms with Crippen LogP contribution in [-0.4, -0.2) is 58.1 Å². The largest absolute Gasteiger partial charge is 0.479 e. The molecule has 4 aliphatic carbocycles. The summed E-state index contributed by atoms with van der Waals surface area (Å²) in [7, 11) is 0. The van der Waals surface area contributed by atoms with Crippen LogP contribution < -0.4 is 0 Å². The van der Waals surface area contributed by atoms with Crippen molar-refractivity contribution in [1.82, 2.24) is 0 Å². The molecule has 0 spiro atoms. The zero-order valence-electron chi connectivity index (χ0n) is 25.6. The molecule has 43 heavy (non-hydrogen) atoms. The van der Waals surface area contributed by atoms with E-state index in [0.717, 1.165) is 36.5 Å². The van der Waals surface area contributed by atoms with Gasteiger partial charge in [-0.05, 0) is 91.3 Å². The monoisotopic (exact) mass is 608 g/mol. The van der Waals surface area contributed by atoms with Crippen molar-refractivity contribution in [3.63, 3.8) is 0 Å². The van der Waals surface area contributed by atoms with Gasteiger partial charge in [0.2, 0.25) is 0 Å². The van der Waals surface area contributed by atoms with Crippen molar-refractivity contribution in [3.05, 3.63) is 11.6 Å². The number of carboxylic acid groups (broad SMARTS) is 1. The molecule has 3 N–H and O–H groups in total. The number of aliphatic hydroxyl groups is 2. The van der Waals surface area contributed by atoms with E-state index in [4.69, 9.17) is 9.84 Å². The molecule has 0 amide bonds. The van der Waals surface area contributed by atoms with E-state index in [1.807, 2.05) is 0 Å². The Balaban J connectivity index is 0.00000323. The molecule has 0 aromatic rings. The molecule has 0 heterocycles. The van der Waals surface area contributed by atoms with Gasteiger partial charge in [0, 0.05) is 6.42 Å². The predicted octanol–water partition coefficient (Wildman–Crippen LogP) is 6.56. The summed E-state index contributed by atoms with van der Waals surface area (Å²) in [6, 6.07) is 0. The first kappa shape index (κ1) is 37.3. The summed E-state index contributed by atoms with van der Waals surface area (Å²) in [5.74, 6) is 0.586. The van der Waals surface area contributed by atoms with Crippen molar-refractivity contribution in [2.24, 2.45) is 46.3 Å². The fourth-order valence-electron chi connectivity index (χ4n) is 9.46. The van der Waals surface area contributed by atoms with Crippen LogP contribution >= 0.6 is 0 Å². The summed E-state index contributed by atoms with van der Waals surface area (Å²) in [5, 5.41) is 28.7. The highest BCUT2D eigenvalue weighted by molar-refractivity contribution is 5.86. The van der Waals surface area contributed by atoms with Crippen LogP contribution in [0.5, 0.6) is 0 Å². The summed E-state index contributed by atoms with van der Waals surface area (Å²) >= 11 is 0. The van der Waals surface area contributed by atoms with Gasteiger partial charge in [-0.2, -0.15) is 0 Å². The van der Waals surface area contributed by atoms with E-state index in [-0.39, 0.29) is 20.3 Å². The fourth-order valence-corrected chi connectivity index (χ4v) is 9.46. The molecule has 0 aromatic carbocycles. The molecule has 248 valence electrons. The van der Waals surface area contributed by atoms with Crippen LogP contribution in [0.3, 0.4) is 0 Å². The lowest BCUT2D eigenvalue weighted by Gasteiger charge is -2.58. The van der Waals surface area contributed by atoms with Crippen LogP contribution in [0.25, 0.3) is 0 Å². The van der Waals surface area contributed by atoms with Gasteiger partial charge < -0.3 is 24.8 Å². The van der Waals surface area contributed by atoms with E-state index < -0.39 is 42.8 Å². The highest BCUT2D eigenvalue weighted by Crippen LogP contribution is 2.67. The molecule has 0 aromatic heterocycles. The highest BCUT2D eigenvalue weighted by atomic mass is 16.6. The van der Waals surface area contributed by atoms with Crippen molar-refractivity contribution in [1.29, 1.82) is 0 Å². The van der Waals surface area contributed by atoms with Gasteiger partial charge in [0.15, 0.2) is 18.8 Å². The Hall–Kier alpha value is -1.93. The Bertz CT molecular complexity index is 1010. The number of fused-ring (bicyclic) bond motifs is 5. The van der Waals surface area contributed by atoms with E-state index in [9.17, 15) is 24.6 Å². The first-order valence-corrected chi connectivity index (χ1v) is 15.9. The Morgan fingerprint density at radius 2 is 1.60 bits per heavy atom. The minimum absolute atomic E-state index is 0. The van der Waals surface area contributed by atoms with E-state index >= 15 is 0 Å². The van der Waals surface area contributed by atoms with Gasteiger partial charge in [-0.3, -0.25) is 0 Å². The molecule has 4 rings (SSSR count). The Morgan fingerprint density at radius 1 is 0.930 bits per heavy atom. The average Bonchev–Trinajstić information content (AvgIpc) is 3.28. The number of aliphatic carboxylic acids is 1. The lowest BCUT2D eigenvalue weighted by Crippen LogP contribution is -2.51. The third-order valence-corrected chi connectivity index (χ3v) is 11.7. The van der Waals surface area contributed by atoms with Crippen LogP contribution in [0.2, 0.25) is 0 Å². The smallest absolute Gasteiger partial charge is 0.341 e. The number of rotatable bonds is 11. The minimum atomic E-state index is -2.20. The molecule has 0 aliphatic heterocycles. The average molecular weight is 609 g/mol. The third-order valence-electron chi connectivity index (χ3n) is 11.7. The zero-order chi connectivity index (χ0) is 30.1. The second-order valence-electron chi connectivity index (χ2n) is 14.5. The van der Waals surface area contributed by atoms with Gasteiger partial charge >= 0.3 is 17.9 Å². The molecule has 3 unspecified atom stereocenters. The van der Waals surface area contributed by atoms with E-state index in [1.165, 1.54) is 50.5 Å². The number of allylic oxidation sites excluding steroid dienone is 1. The molecule has 8 nitrogen and oxygen atoms in total. The van der Waals surface area contributed by atoms with Gasteiger partial charge in [-0.1, -0.05) is 80.4 Å². The van der Waals surface area contributed by atoms with Crippen LogP contribution in [-0.2, 0) is 23.9 Å². The zero-order valence-corrected chi connectivity index (χ0v) is 25.6. The number of hydrogen-bond acceptors (Lipinski definition) is 7. The van der Waals surface area contributed by atoms with Crippen molar-refractivity contribution < 1.29 is 39.2 Å². The van der Waals surface area contributed by atoms with Crippen LogP contribution in [0.15, 0.2) is 11.6 Å².